The summed E-state index contributed by atoms with van der Waals surface area (Å²) in [4.78, 5) is 28.1. The summed E-state index contributed by atoms with van der Waals surface area (Å²) in [6.07, 6.45) is 6.64. The van der Waals surface area contributed by atoms with Gasteiger partial charge in [0, 0.05) is 29.8 Å². The summed E-state index contributed by atoms with van der Waals surface area (Å²) in [6, 6.07) is 6.34. The minimum absolute atomic E-state index is 0. The van der Waals surface area contributed by atoms with Crippen LogP contribution in [0.5, 0.6) is 0 Å². The first-order valence-electron chi connectivity index (χ1n) is 8.68. The molecular formula is C19H17ClFN5O. The van der Waals surface area contributed by atoms with Crippen LogP contribution in [0.1, 0.15) is 36.6 Å². The molecule has 8 heteroatoms. The van der Waals surface area contributed by atoms with Gasteiger partial charge in [-0.15, -0.1) is 12.4 Å². The number of fused-ring (bicyclic) bond motifs is 2. The predicted molar refractivity (Wildman–Crippen MR) is 103 cm³/mol. The average Bonchev–Trinajstić information content (AvgIpc) is 2.93. The Morgan fingerprint density at radius 1 is 1.22 bits per heavy atom. The molecule has 0 aliphatic heterocycles. The van der Waals surface area contributed by atoms with Gasteiger partial charge in [0.2, 0.25) is 5.56 Å². The standard InChI is InChI=1S/C19H16FN5O.ClH/c20-14-6-2-5-13-12(9-15(26)23-16(13)14)10-25-18(11-3-1-4-11)24-17-19(25)22-8-7-21-17;/h2,5-9,11H,1,3-4,10H2,(H,23,26);1H. The van der Waals surface area contributed by atoms with Gasteiger partial charge in [0.25, 0.3) is 0 Å². The quantitative estimate of drug-likeness (QED) is 0.585. The molecule has 3 aromatic heterocycles. The molecule has 1 aliphatic rings. The van der Waals surface area contributed by atoms with Gasteiger partial charge < -0.3 is 9.55 Å². The van der Waals surface area contributed by atoms with Crippen molar-refractivity contribution in [3.05, 3.63) is 64.2 Å². The molecule has 27 heavy (non-hydrogen) atoms. The van der Waals surface area contributed by atoms with E-state index in [2.05, 4.69) is 19.9 Å². The highest BCUT2D eigenvalue weighted by molar-refractivity contribution is 5.85. The zero-order chi connectivity index (χ0) is 17.7. The maximum Gasteiger partial charge on any atom is 0.248 e. The summed E-state index contributed by atoms with van der Waals surface area (Å²) in [5.74, 6) is 0.897. The molecule has 4 aromatic rings. The van der Waals surface area contributed by atoms with E-state index in [1.54, 1.807) is 18.5 Å². The number of aromatic amines is 1. The minimum Gasteiger partial charge on any atom is -0.319 e. The Hall–Kier alpha value is -2.80. The van der Waals surface area contributed by atoms with Gasteiger partial charge in [-0.25, -0.2) is 19.3 Å². The lowest BCUT2D eigenvalue weighted by Gasteiger charge is -2.25. The Balaban J connectivity index is 0.00000180. The molecule has 0 bridgehead atoms. The van der Waals surface area contributed by atoms with E-state index < -0.39 is 5.82 Å². The molecule has 1 aliphatic carbocycles. The van der Waals surface area contributed by atoms with Gasteiger partial charge in [0.05, 0.1) is 12.1 Å². The van der Waals surface area contributed by atoms with E-state index in [0.717, 1.165) is 24.2 Å². The van der Waals surface area contributed by atoms with Crippen LogP contribution in [0.4, 0.5) is 4.39 Å². The second-order valence-electron chi connectivity index (χ2n) is 6.71. The fourth-order valence-electron chi connectivity index (χ4n) is 3.62. The van der Waals surface area contributed by atoms with Crippen molar-refractivity contribution in [2.45, 2.75) is 31.7 Å². The van der Waals surface area contributed by atoms with E-state index >= 15 is 0 Å². The highest BCUT2D eigenvalue weighted by Gasteiger charge is 2.27. The molecule has 0 atom stereocenters. The number of hydrogen-bond acceptors (Lipinski definition) is 4. The molecule has 5 rings (SSSR count). The van der Waals surface area contributed by atoms with Crippen LogP contribution in [-0.4, -0.2) is 24.5 Å². The Morgan fingerprint density at radius 2 is 2.04 bits per heavy atom. The maximum absolute atomic E-state index is 14.1. The van der Waals surface area contributed by atoms with Crippen LogP contribution in [0.25, 0.3) is 22.2 Å². The summed E-state index contributed by atoms with van der Waals surface area (Å²) in [5, 5.41) is 0.690. The predicted octanol–water partition coefficient (Wildman–Crippen LogP) is 3.54. The normalized spacial score (nSPS) is 14.3. The van der Waals surface area contributed by atoms with Gasteiger partial charge in [-0.3, -0.25) is 4.79 Å². The number of imidazole rings is 1. The number of halogens is 2. The monoisotopic (exact) mass is 385 g/mol. The Kier molecular flexibility index (Phi) is 4.39. The number of aromatic nitrogens is 5. The molecule has 0 unspecified atom stereocenters. The first kappa shape index (κ1) is 17.6. The largest absolute Gasteiger partial charge is 0.319 e. The topological polar surface area (TPSA) is 76.5 Å². The third-order valence-corrected chi connectivity index (χ3v) is 5.12. The van der Waals surface area contributed by atoms with Crippen LogP contribution in [-0.2, 0) is 6.54 Å². The van der Waals surface area contributed by atoms with Crippen molar-refractivity contribution in [2.75, 3.05) is 0 Å². The SMILES string of the molecule is Cl.O=c1cc(Cn2c(C3CCC3)nc3nccnc32)c2cccc(F)c2[nH]1. The van der Waals surface area contributed by atoms with Crippen LogP contribution in [0, 0.1) is 5.82 Å². The van der Waals surface area contributed by atoms with Crippen LogP contribution >= 0.6 is 12.4 Å². The van der Waals surface area contributed by atoms with E-state index in [1.165, 1.54) is 18.6 Å². The molecule has 0 spiro atoms. The van der Waals surface area contributed by atoms with E-state index in [0.29, 0.717) is 29.1 Å². The van der Waals surface area contributed by atoms with E-state index in [4.69, 9.17) is 0 Å². The summed E-state index contributed by atoms with van der Waals surface area (Å²) in [6.45, 7) is 0.408. The third-order valence-electron chi connectivity index (χ3n) is 5.12. The molecule has 138 valence electrons. The summed E-state index contributed by atoms with van der Waals surface area (Å²) in [5.41, 5.74) is 1.96. The average molecular weight is 386 g/mol. The molecule has 1 N–H and O–H groups in total. The van der Waals surface area contributed by atoms with Gasteiger partial charge in [-0.2, -0.15) is 0 Å². The molecular weight excluding hydrogens is 369 g/mol. The van der Waals surface area contributed by atoms with E-state index in [1.807, 2.05) is 10.6 Å². The lowest BCUT2D eigenvalue weighted by Crippen LogP contribution is -2.17. The Labute approximate surface area is 159 Å². The van der Waals surface area contributed by atoms with E-state index in [-0.39, 0.29) is 23.5 Å². The van der Waals surface area contributed by atoms with Crippen LogP contribution in [0.2, 0.25) is 0 Å². The molecule has 3 heterocycles. The number of nitrogens with one attached hydrogen (secondary N) is 1. The molecule has 1 saturated carbocycles. The number of pyridine rings is 1. The summed E-state index contributed by atoms with van der Waals surface area (Å²) < 4.78 is 16.2. The van der Waals surface area contributed by atoms with Gasteiger partial charge in [0.1, 0.15) is 11.6 Å². The van der Waals surface area contributed by atoms with Crippen LogP contribution in [0.15, 0.2) is 41.5 Å². The van der Waals surface area contributed by atoms with Crippen molar-refractivity contribution < 1.29 is 4.39 Å². The smallest absolute Gasteiger partial charge is 0.248 e. The van der Waals surface area contributed by atoms with Gasteiger partial charge in [-0.1, -0.05) is 18.6 Å². The fourth-order valence-corrected chi connectivity index (χ4v) is 3.62. The molecule has 1 fully saturated rings. The van der Waals surface area contributed by atoms with Crippen molar-refractivity contribution in [1.82, 2.24) is 24.5 Å². The third kappa shape index (κ3) is 2.88. The molecule has 6 nitrogen and oxygen atoms in total. The van der Waals surface area contributed by atoms with Crippen molar-refractivity contribution in [2.24, 2.45) is 0 Å². The molecule has 0 radical (unpaired) electrons. The molecule has 0 amide bonds. The second-order valence-corrected chi connectivity index (χ2v) is 6.71. The number of hydrogen-bond donors (Lipinski definition) is 1. The summed E-state index contributed by atoms with van der Waals surface area (Å²) >= 11 is 0. The number of benzene rings is 1. The van der Waals surface area contributed by atoms with Crippen LogP contribution < -0.4 is 5.56 Å². The van der Waals surface area contributed by atoms with Crippen molar-refractivity contribution in [3.63, 3.8) is 0 Å². The number of para-hydroxylation sites is 1. The Morgan fingerprint density at radius 3 is 2.81 bits per heavy atom. The van der Waals surface area contributed by atoms with Gasteiger partial charge in [-0.05, 0) is 24.5 Å². The number of nitrogens with zero attached hydrogens (tertiary/aromatic N) is 4. The first-order chi connectivity index (χ1) is 12.7. The number of rotatable bonds is 3. The van der Waals surface area contributed by atoms with E-state index in [9.17, 15) is 9.18 Å². The highest BCUT2D eigenvalue weighted by Crippen LogP contribution is 2.37. The zero-order valence-corrected chi connectivity index (χ0v) is 15.2. The lowest BCUT2D eigenvalue weighted by molar-refractivity contribution is 0.391. The highest BCUT2D eigenvalue weighted by atomic mass is 35.5. The van der Waals surface area contributed by atoms with Gasteiger partial charge >= 0.3 is 0 Å². The van der Waals surface area contributed by atoms with Crippen molar-refractivity contribution >= 4 is 34.6 Å². The zero-order valence-electron chi connectivity index (χ0n) is 14.4. The molecule has 1 aromatic carbocycles. The van der Waals surface area contributed by atoms with Crippen LogP contribution in [0.3, 0.4) is 0 Å². The first-order valence-corrected chi connectivity index (χ1v) is 8.68. The Bertz CT molecular complexity index is 1200. The summed E-state index contributed by atoms with van der Waals surface area (Å²) in [7, 11) is 0. The lowest BCUT2D eigenvalue weighted by atomic mass is 9.85. The minimum atomic E-state index is -0.434. The van der Waals surface area contributed by atoms with Crippen molar-refractivity contribution in [3.8, 4) is 0 Å². The second kappa shape index (κ2) is 6.74. The molecule has 0 saturated heterocycles. The maximum atomic E-state index is 14.1. The number of H-pyrrole nitrogens is 1. The van der Waals surface area contributed by atoms with Crippen molar-refractivity contribution in [1.29, 1.82) is 0 Å². The fraction of sp³-hybridized carbons (Fsp3) is 0.263. The van der Waals surface area contributed by atoms with Gasteiger partial charge in [0.15, 0.2) is 11.3 Å².